The molecule has 0 amide bonds. The van der Waals surface area contributed by atoms with E-state index in [4.69, 9.17) is 16.3 Å². The number of ether oxygens (including phenoxy) is 1. The number of pyridine rings is 1. The number of aromatic nitrogens is 1. The number of halogens is 1. The summed E-state index contributed by atoms with van der Waals surface area (Å²) in [5, 5.41) is 0.308. The molecule has 0 saturated carbocycles. The molecule has 2 rings (SSSR count). The minimum atomic E-state index is -0.387. The van der Waals surface area contributed by atoms with Crippen LogP contribution >= 0.6 is 11.6 Å². The summed E-state index contributed by atoms with van der Waals surface area (Å²) < 4.78 is 5.39. The third kappa shape index (κ3) is 3.41. The molecule has 0 radical (unpaired) electrons. The van der Waals surface area contributed by atoms with Gasteiger partial charge in [0, 0.05) is 13.1 Å². The molecule has 0 N–H and O–H groups in total. The van der Waals surface area contributed by atoms with Crippen LogP contribution in [0.3, 0.4) is 0 Å². The number of likely N-dealkylation sites (tertiary alicyclic amines) is 1. The van der Waals surface area contributed by atoms with Crippen LogP contribution in [0.4, 0.5) is 0 Å². The SMILES string of the molecule is CN1CCC(OC(=O)c2cccc(Cl)n2)CC1. The minimum absolute atomic E-state index is 0.000480. The van der Waals surface area contributed by atoms with Gasteiger partial charge in [-0.2, -0.15) is 0 Å². The monoisotopic (exact) mass is 254 g/mol. The Hall–Kier alpha value is -1.13. The van der Waals surface area contributed by atoms with Crippen molar-refractivity contribution in [3.8, 4) is 0 Å². The zero-order valence-corrected chi connectivity index (χ0v) is 10.5. The Labute approximate surface area is 106 Å². The molecule has 4 nitrogen and oxygen atoms in total. The highest BCUT2D eigenvalue weighted by atomic mass is 35.5. The van der Waals surface area contributed by atoms with E-state index in [1.165, 1.54) is 0 Å². The molecule has 17 heavy (non-hydrogen) atoms. The van der Waals surface area contributed by atoms with Gasteiger partial charge >= 0.3 is 5.97 Å². The van der Waals surface area contributed by atoms with Crippen molar-refractivity contribution in [1.29, 1.82) is 0 Å². The van der Waals surface area contributed by atoms with Crippen LogP contribution in [-0.4, -0.2) is 42.1 Å². The van der Waals surface area contributed by atoms with Gasteiger partial charge in [-0.15, -0.1) is 0 Å². The summed E-state index contributed by atoms with van der Waals surface area (Å²) in [7, 11) is 2.07. The first-order valence-corrected chi connectivity index (χ1v) is 6.05. The molecular weight excluding hydrogens is 240 g/mol. The van der Waals surface area contributed by atoms with Crippen LogP contribution in [0.2, 0.25) is 5.15 Å². The van der Waals surface area contributed by atoms with Gasteiger partial charge in [-0.25, -0.2) is 9.78 Å². The van der Waals surface area contributed by atoms with Gasteiger partial charge in [0.05, 0.1) is 0 Å². The van der Waals surface area contributed by atoms with Crippen molar-refractivity contribution < 1.29 is 9.53 Å². The van der Waals surface area contributed by atoms with Crippen LogP contribution < -0.4 is 0 Å². The predicted octanol–water partition coefficient (Wildman–Crippen LogP) is 1.99. The Bertz CT molecular complexity index is 403. The lowest BCUT2D eigenvalue weighted by Gasteiger charge is -2.28. The predicted molar refractivity (Wildman–Crippen MR) is 65.2 cm³/mol. The summed E-state index contributed by atoms with van der Waals surface area (Å²) in [6.07, 6.45) is 1.76. The molecule has 5 heteroatoms. The molecule has 0 unspecified atom stereocenters. The van der Waals surface area contributed by atoms with Gasteiger partial charge in [0.1, 0.15) is 17.0 Å². The average molecular weight is 255 g/mol. The summed E-state index contributed by atoms with van der Waals surface area (Å²) in [4.78, 5) is 17.9. The van der Waals surface area contributed by atoms with Gasteiger partial charge in [-0.3, -0.25) is 0 Å². The molecule has 92 valence electrons. The number of carbonyl (C=O) groups is 1. The van der Waals surface area contributed by atoms with Gasteiger partial charge in [0.25, 0.3) is 0 Å². The maximum atomic E-state index is 11.8. The summed E-state index contributed by atoms with van der Waals surface area (Å²) in [5.74, 6) is -0.387. The fourth-order valence-electron chi connectivity index (χ4n) is 1.84. The number of piperidine rings is 1. The Balaban J connectivity index is 1.93. The number of nitrogens with zero attached hydrogens (tertiary/aromatic N) is 2. The third-order valence-corrected chi connectivity index (χ3v) is 3.07. The van der Waals surface area contributed by atoms with Crippen molar-refractivity contribution in [2.45, 2.75) is 18.9 Å². The van der Waals surface area contributed by atoms with E-state index in [1.807, 2.05) is 0 Å². The lowest BCUT2D eigenvalue weighted by molar-refractivity contribution is 0.0133. The van der Waals surface area contributed by atoms with Crippen LogP contribution in [0.1, 0.15) is 23.3 Å². The second-order valence-electron chi connectivity index (χ2n) is 4.25. The number of hydrogen-bond donors (Lipinski definition) is 0. The van der Waals surface area contributed by atoms with Gasteiger partial charge in [-0.05, 0) is 32.0 Å². The summed E-state index contributed by atoms with van der Waals surface area (Å²) in [5.41, 5.74) is 0.274. The summed E-state index contributed by atoms with van der Waals surface area (Å²) in [6, 6.07) is 4.94. The van der Waals surface area contributed by atoms with Crippen molar-refractivity contribution in [2.75, 3.05) is 20.1 Å². The molecule has 1 fully saturated rings. The van der Waals surface area contributed by atoms with Gasteiger partial charge in [0.15, 0.2) is 0 Å². The minimum Gasteiger partial charge on any atom is -0.458 e. The van der Waals surface area contributed by atoms with E-state index >= 15 is 0 Å². The van der Waals surface area contributed by atoms with Gasteiger partial charge in [-0.1, -0.05) is 17.7 Å². The Morgan fingerprint density at radius 2 is 2.18 bits per heavy atom. The van der Waals surface area contributed by atoms with Crippen molar-refractivity contribution in [3.63, 3.8) is 0 Å². The Morgan fingerprint density at radius 3 is 2.82 bits per heavy atom. The van der Waals surface area contributed by atoms with Crippen molar-refractivity contribution in [3.05, 3.63) is 29.0 Å². The van der Waals surface area contributed by atoms with E-state index in [9.17, 15) is 4.79 Å². The van der Waals surface area contributed by atoms with Crippen LogP contribution in [0.15, 0.2) is 18.2 Å². The van der Waals surface area contributed by atoms with E-state index in [1.54, 1.807) is 18.2 Å². The molecule has 1 aliphatic rings. The quantitative estimate of drug-likeness (QED) is 0.598. The number of esters is 1. The van der Waals surface area contributed by atoms with E-state index in [2.05, 4.69) is 16.9 Å². The molecular formula is C12H15ClN2O2. The highest BCUT2D eigenvalue weighted by Gasteiger charge is 2.21. The van der Waals surface area contributed by atoms with E-state index in [0.717, 1.165) is 25.9 Å². The maximum Gasteiger partial charge on any atom is 0.357 e. The Kier molecular flexibility index (Phi) is 3.97. The normalized spacial score (nSPS) is 18.0. The van der Waals surface area contributed by atoms with Crippen molar-refractivity contribution in [1.82, 2.24) is 9.88 Å². The first kappa shape index (κ1) is 12.3. The molecule has 1 aromatic rings. The zero-order chi connectivity index (χ0) is 12.3. The van der Waals surface area contributed by atoms with Crippen LogP contribution in [-0.2, 0) is 4.74 Å². The maximum absolute atomic E-state index is 11.8. The lowest BCUT2D eigenvalue weighted by Crippen LogP contribution is -2.35. The van der Waals surface area contributed by atoms with Crippen LogP contribution in [0.25, 0.3) is 0 Å². The lowest BCUT2D eigenvalue weighted by atomic mass is 10.1. The number of hydrogen-bond acceptors (Lipinski definition) is 4. The molecule has 2 heterocycles. The first-order chi connectivity index (χ1) is 8.15. The van der Waals surface area contributed by atoms with Crippen molar-refractivity contribution in [2.24, 2.45) is 0 Å². The standard InChI is InChI=1S/C12H15ClN2O2/c1-15-7-5-9(6-8-15)17-12(16)10-3-2-4-11(13)14-10/h2-4,9H,5-8H2,1H3. The van der Waals surface area contributed by atoms with Gasteiger partial charge < -0.3 is 9.64 Å². The molecule has 1 saturated heterocycles. The molecule has 0 aliphatic carbocycles. The van der Waals surface area contributed by atoms with E-state index in [0.29, 0.717) is 5.15 Å². The first-order valence-electron chi connectivity index (χ1n) is 5.67. The topological polar surface area (TPSA) is 42.4 Å². The molecule has 0 aromatic carbocycles. The average Bonchev–Trinajstić information content (AvgIpc) is 2.32. The third-order valence-electron chi connectivity index (χ3n) is 2.86. The Morgan fingerprint density at radius 1 is 1.47 bits per heavy atom. The zero-order valence-electron chi connectivity index (χ0n) is 9.73. The van der Waals surface area contributed by atoms with Crippen LogP contribution in [0, 0.1) is 0 Å². The van der Waals surface area contributed by atoms with Gasteiger partial charge in [0.2, 0.25) is 0 Å². The molecule has 0 atom stereocenters. The fraction of sp³-hybridized carbons (Fsp3) is 0.500. The molecule has 1 aliphatic heterocycles. The highest BCUT2D eigenvalue weighted by Crippen LogP contribution is 2.14. The van der Waals surface area contributed by atoms with E-state index in [-0.39, 0.29) is 17.8 Å². The van der Waals surface area contributed by atoms with Crippen molar-refractivity contribution >= 4 is 17.6 Å². The largest absolute Gasteiger partial charge is 0.458 e. The fourth-order valence-corrected chi connectivity index (χ4v) is 2.00. The second kappa shape index (κ2) is 5.47. The summed E-state index contributed by atoms with van der Waals surface area (Å²) in [6.45, 7) is 1.92. The smallest absolute Gasteiger partial charge is 0.357 e. The van der Waals surface area contributed by atoms with E-state index < -0.39 is 0 Å². The number of rotatable bonds is 2. The van der Waals surface area contributed by atoms with Crippen LogP contribution in [0.5, 0.6) is 0 Å². The molecule has 0 spiro atoms. The number of carbonyl (C=O) groups excluding carboxylic acids is 1. The molecule has 0 bridgehead atoms. The summed E-state index contributed by atoms with van der Waals surface area (Å²) >= 11 is 5.73. The highest BCUT2D eigenvalue weighted by molar-refractivity contribution is 6.29. The molecule has 1 aromatic heterocycles. The second-order valence-corrected chi connectivity index (χ2v) is 4.64.